The molecule has 0 aromatic carbocycles. The molecule has 0 spiro atoms. The number of likely N-dealkylation sites (N-methyl/N-ethyl adjacent to an activating group) is 1. The third-order valence-corrected chi connectivity index (χ3v) is 4.45. The summed E-state index contributed by atoms with van der Waals surface area (Å²) in [6.07, 6.45) is 2.60. The predicted molar refractivity (Wildman–Crippen MR) is 97.3 cm³/mol. The van der Waals surface area contributed by atoms with Crippen LogP contribution in [0, 0.1) is 6.92 Å². The number of anilines is 2. The number of alkyl halides is 1. The molecular weight excluding hydrogens is 337 g/mol. The van der Waals surface area contributed by atoms with Crippen LogP contribution < -0.4 is 9.80 Å². The zero-order chi connectivity index (χ0) is 18.8. The van der Waals surface area contributed by atoms with Crippen molar-refractivity contribution in [2.45, 2.75) is 25.6 Å². The number of hydrogen-bond acceptors (Lipinski definition) is 6. The SMILES string of the molecule is Cc1ncc(C(=O)N(C)C[C@@H]2C[C@H](F)CN2c2ccnc(N(C)C)n2)[nH]1. The fraction of sp³-hybridized carbons (Fsp3) is 0.529. The van der Waals surface area contributed by atoms with Crippen LogP contribution >= 0.6 is 0 Å². The summed E-state index contributed by atoms with van der Waals surface area (Å²) in [5, 5.41) is 0. The first-order chi connectivity index (χ1) is 12.3. The van der Waals surface area contributed by atoms with E-state index in [1.165, 1.54) is 6.20 Å². The van der Waals surface area contributed by atoms with Crippen molar-refractivity contribution in [2.75, 3.05) is 44.0 Å². The second kappa shape index (κ2) is 7.27. The number of amides is 1. The van der Waals surface area contributed by atoms with E-state index >= 15 is 0 Å². The summed E-state index contributed by atoms with van der Waals surface area (Å²) in [6.45, 7) is 2.46. The van der Waals surface area contributed by atoms with Gasteiger partial charge in [0.2, 0.25) is 5.95 Å². The van der Waals surface area contributed by atoms with E-state index in [4.69, 9.17) is 0 Å². The molecule has 1 amide bonds. The van der Waals surface area contributed by atoms with Crippen molar-refractivity contribution in [3.63, 3.8) is 0 Å². The Balaban J connectivity index is 1.75. The Morgan fingerprint density at radius 3 is 2.81 bits per heavy atom. The minimum atomic E-state index is -0.948. The molecule has 2 atom stereocenters. The van der Waals surface area contributed by atoms with Gasteiger partial charge in [0.15, 0.2) is 0 Å². The fourth-order valence-corrected chi connectivity index (χ4v) is 3.16. The first-order valence-electron chi connectivity index (χ1n) is 8.53. The van der Waals surface area contributed by atoms with Crippen molar-refractivity contribution in [3.8, 4) is 0 Å². The Hall–Kier alpha value is -2.71. The Labute approximate surface area is 152 Å². The van der Waals surface area contributed by atoms with Crippen LogP contribution in [-0.2, 0) is 0 Å². The van der Waals surface area contributed by atoms with Crippen LogP contribution in [0.5, 0.6) is 0 Å². The number of H-pyrrole nitrogens is 1. The minimum absolute atomic E-state index is 0.145. The summed E-state index contributed by atoms with van der Waals surface area (Å²) in [4.78, 5) is 33.5. The number of hydrogen-bond donors (Lipinski definition) is 1. The minimum Gasteiger partial charge on any atom is -0.349 e. The average Bonchev–Trinajstić information content (AvgIpc) is 3.20. The highest BCUT2D eigenvalue weighted by Crippen LogP contribution is 2.27. The lowest BCUT2D eigenvalue weighted by Crippen LogP contribution is -2.41. The molecule has 1 fully saturated rings. The van der Waals surface area contributed by atoms with Gasteiger partial charge >= 0.3 is 0 Å². The molecule has 26 heavy (non-hydrogen) atoms. The highest BCUT2D eigenvalue weighted by molar-refractivity contribution is 5.92. The number of rotatable bonds is 5. The molecule has 0 saturated carbocycles. The molecule has 1 N–H and O–H groups in total. The van der Waals surface area contributed by atoms with Gasteiger partial charge in [0.25, 0.3) is 5.91 Å². The molecule has 1 aliphatic heterocycles. The van der Waals surface area contributed by atoms with Crippen molar-refractivity contribution in [1.82, 2.24) is 24.8 Å². The maximum absolute atomic E-state index is 14.1. The van der Waals surface area contributed by atoms with Crippen molar-refractivity contribution in [2.24, 2.45) is 0 Å². The van der Waals surface area contributed by atoms with Crippen LogP contribution in [0.1, 0.15) is 22.7 Å². The Bertz CT molecular complexity index is 778. The van der Waals surface area contributed by atoms with E-state index in [9.17, 15) is 9.18 Å². The number of aromatic nitrogens is 4. The number of nitrogens with zero attached hydrogens (tertiary/aromatic N) is 6. The van der Waals surface area contributed by atoms with E-state index in [0.717, 1.165) is 0 Å². The zero-order valence-corrected chi connectivity index (χ0v) is 15.5. The van der Waals surface area contributed by atoms with E-state index in [2.05, 4.69) is 19.9 Å². The number of halogens is 1. The average molecular weight is 361 g/mol. The van der Waals surface area contributed by atoms with Gasteiger partial charge in [-0.25, -0.2) is 14.4 Å². The second-order valence-electron chi connectivity index (χ2n) is 6.82. The van der Waals surface area contributed by atoms with Gasteiger partial charge in [0.1, 0.15) is 23.5 Å². The van der Waals surface area contributed by atoms with Gasteiger partial charge in [-0.1, -0.05) is 0 Å². The van der Waals surface area contributed by atoms with Crippen LogP contribution in [0.2, 0.25) is 0 Å². The normalized spacial score (nSPS) is 19.7. The van der Waals surface area contributed by atoms with E-state index in [-0.39, 0.29) is 18.5 Å². The smallest absolute Gasteiger partial charge is 0.271 e. The largest absolute Gasteiger partial charge is 0.349 e. The van der Waals surface area contributed by atoms with E-state index in [0.29, 0.717) is 36.3 Å². The van der Waals surface area contributed by atoms with Gasteiger partial charge in [0.05, 0.1) is 18.8 Å². The van der Waals surface area contributed by atoms with Crippen molar-refractivity contribution in [1.29, 1.82) is 0 Å². The molecule has 9 heteroatoms. The lowest BCUT2D eigenvalue weighted by atomic mass is 10.2. The Morgan fingerprint density at radius 2 is 2.15 bits per heavy atom. The first kappa shape index (κ1) is 18.1. The van der Waals surface area contributed by atoms with Gasteiger partial charge < -0.3 is 19.7 Å². The molecule has 0 radical (unpaired) electrons. The van der Waals surface area contributed by atoms with Crippen molar-refractivity contribution < 1.29 is 9.18 Å². The molecule has 3 rings (SSSR count). The number of nitrogens with one attached hydrogen (secondary N) is 1. The molecule has 140 valence electrons. The molecule has 1 aliphatic rings. The molecule has 2 aromatic heterocycles. The van der Waals surface area contributed by atoms with E-state index < -0.39 is 6.17 Å². The Morgan fingerprint density at radius 1 is 1.38 bits per heavy atom. The second-order valence-corrected chi connectivity index (χ2v) is 6.82. The third-order valence-electron chi connectivity index (χ3n) is 4.45. The molecule has 0 aliphatic carbocycles. The van der Waals surface area contributed by atoms with Crippen LogP contribution in [0.3, 0.4) is 0 Å². The summed E-state index contributed by atoms with van der Waals surface area (Å²) in [5.74, 6) is 1.77. The molecular formula is C17H24FN7O. The predicted octanol–water partition coefficient (Wildman–Crippen LogP) is 1.26. The van der Waals surface area contributed by atoms with Gasteiger partial charge in [-0.05, 0) is 13.0 Å². The number of aryl methyl sites for hydroxylation is 1. The molecule has 3 heterocycles. The number of carbonyl (C=O) groups excluding carboxylic acids is 1. The van der Waals surface area contributed by atoms with Gasteiger partial charge in [-0.15, -0.1) is 0 Å². The van der Waals surface area contributed by atoms with Crippen molar-refractivity contribution in [3.05, 3.63) is 30.0 Å². The van der Waals surface area contributed by atoms with E-state index in [1.54, 1.807) is 36.0 Å². The van der Waals surface area contributed by atoms with Crippen LogP contribution in [0.15, 0.2) is 18.5 Å². The molecule has 0 bridgehead atoms. The summed E-state index contributed by atoms with van der Waals surface area (Å²) in [5.41, 5.74) is 0.434. The molecule has 0 unspecified atom stereocenters. The maximum atomic E-state index is 14.1. The first-order valence-corrected chi connectivity index (χ1v) is 8.53. The topological polar surface area (TPSA) is 81.2 Å². The lowest BCUT2D eigenvalue weighted by molar-refractivity contribution is 0.0780. The molecule has 2 aromatic rings. The summed E-state index contributed by atoms with van der Waals surface area (Å²) in [7, 11) is 5.43. The van der Waals surface area contributed by atoms with Crippen LogP contribution in [-0.4, -0.2) is 77.2 Å². The lowest BCUT2D eigenvalue weighted by Gasteiger charge is -2.29. The summed E-state index contributed by atoms with van der Waals surface area (Å²) in [6, 6.07) is 1.63. The van der Waals surface area contributed by atoms with E-state index in [1.807, 2.05) is 19.0 Å². The van der Waals surface area contributed by atoms with Gasteiger partial charge in [-0.3, -0.25) is 4.79 Å². The number of imidazole rings is 1. The standard InChI is InChI=1S/C17H24FN7O/c1-11-20-8-14(21-11)16(26)24(4)10-13-7-12(18)9-25(13)15-5-6-19-17(22-15)23(2)3/h5-6,8,12-13H,7,9-10H2,1-4H3,(H,20,21)/t12-,13-/m0/s1. The third kappa shape index (κ3) is 3.76. The summed E-state index contributed by atoms with van der Waals surface area (Å²) < 4.78 is 14.1. The monoisotopic (exact) mass is 361 g/mol. The summed E-state index contributed by atoms with van der Waals surface area (Å²) >= 11 is 0. The van der Waals surface area contributed by atoms with Gasteiger partial charge in [-0.2, -0.15) is 4.98 Å². The highest BCUT2D eigenvalue weighted by Gasteiger charge is 2.35. The highest BCUT2D eigenvalue weighted by atomic mass is 19.1. The maximum Gasteiger partial charge on any atom is 0.271 e. The zero-order valence-electron chi connectivity index (χ0n) is 15.5. The number of aromatic amines is 1. The van der Waals surface area contributed by atoms with Crippen LogP contribution in [0.4, 0.5) is 16.2 Å². The molecule has 8 nitrogen and oxygen atoms in total. The quantitative estimate of drug-likeness (QED) is 0.864. The van der Waals surface area contributed by atoms with Crippen molar-refractivity contribution >= 4 is 17.7 Å². The number of carbonyl (C=O) groups is 1. The van der Waals surface area contributed by atoms with Crippen LogP contribution in [0.25, 0.3) is 0 Å². The molecule has 1 saturated heterocycles. The van der Waals surface area contributed by atoms with Gasteiger partial charge in [0, 0.05) is 40.3 Å². The Kier molecular flexibility index (Phi) is 5.06. The fourth-order valence-electron chi connectivity index (χ4n) is 3.16.